The molecule has 6 atom stereocenters. The van der Waals surface area contributed by atoms with Gasteiger partial charge in [0.05, 0.1) is 19.3 Å². The normalized spacial score (nSPS) is 46.8. The first-order chi connectivity index (χ1) is 13.4. The van der Waals surface area contributed by atoms with Crippen LogP contribution in [0.15, 0.2) is 11.6 Å². The highest BCUT2D eigenvalue weighted by atomic mass is 16.7. The molecule has 5 rings (SSSR count). The van der Waals surface area contributed by atoms with Crippen LogP contribution in [0.5, 0.6) is 0 Å². The van der Waals surface area contributed by atoms with Crippen LogP contribution in [-0.4, -0.2) is 44.8 Å². The predicted octanol–water partition coefficient (Wildman–Crippen LogP) is 3.86. The summed E-state index contributed by atoms with van der Waals surface area (Å²) >= 11 is 0. The SMILES string of the molecule is COCO[C@H]1CC[C@@]2(C)C(=CC(=O)[C@@H]3[C@@H]2CC[C@@]2(C)[C@H]3CCC23OCCO3)C1. The molecule has 4 aliphatic carbocycles. The third kappa shape index (κ3) is 2.49. The minimum Gasteiger partial charge on any atom is -0.359 e. The molecule has 5 aliphatic rings. The highest BCUT2D eigenvalue weighted by Gasteiger charge is 2.68. The number of methoxy groups -OCH3 is 1. The van der Waals surface area contributed by atoms with Gasteiger partial charge in [0.25, 0.3) is 0 Å². The van der Waals surface area contributed by atoms with Crippen molar-refractivity contribution in [2.45, 2.75) is 70.7 Å². The van der Waals surface area contributed by atoms with Crippen molar-refractivity contribution in [3.63, 3.8) is 0 Å². The van der Waals surface area contributed by atoms with Crippen molar-refractivity contribution in [2.24, 2.45) is 28.6 Å². The van der Waals surface area contributed by atoms with E-state index >= 15 is 0 Å². The van der Waals surface area contributed by atoms with Crippen LogP contribution in [0.4, 0.5) is 0 Å². The topological polar surface area (TPSA) is 54.0 Å². The average molecular weight is 391 g/mol. The highest BCUT2D eigenvalue weighted by molar-refractivity contribution is 5.94. The summed E-state index contributed by atoms with van der Waals surface area (Å²) in [6, 6.07) is 0. The van der Waals surface area contributed by atoms with Gasteiger partial charge in [0, 0.05) is 24.9 Å². The first-order valence-corrected chi connectivity index (χ1v) is 11.1. The zero-order valence-electron chi connectivity index (χ0n) is 17.5. The summed E-state index contributed by atoms with van der Waals surface area (Å²) in [5.41, 5.74) is 1.40. The lowest BCUT2D eigenvalue weighted by atomic mass is 9.47. The zero-order valence-corrected chi connectivity index (χ0v) is 17.5. The number of hydrogen-bond acceptors (Lipinski definition) is 5. The molecule has 1 aliphatic heterocycles. The lowest BCUT2D eigenvalue weighted by molar-refractivity contribution is -0.240. The van der Waals surface area contributed by atoms with Gasteiger partial charge in [-0.25, -0.2) is 0 Å². The molecular weight excluding hydrogens is 356 g/mol. The van der Waals surface area contributed by atoms with Crippen LogP contribution >= 0.6 is 0 Å². The summed E-state index contributed by atoms with van der Waals surface area (Å²) in [7, 11) is 1.66. The fourth-order valence-electron chi connectivity index (χ4n) is 7.56. The van der Waals surface area contributed by atoms with Gasteiger partial charge in [0.1, 0.15) is 6.79 Å². The van der Waals surface area contributed by atoms with Crippen molar-refractivity contribution in [1.82, 2.24) is 0 Å². The van der Waals surface area contributed by atoms with Gasteiger partial charge >= 0.3 is 0 Å². The maximum Gasteiger partial charge on any atom is 0.174 e. The monoisotopic (exact) mass is 390 g/mol. The van der Waals surface area contributed by atoms with E-state index in [4.69, 9.17) is 18.9 Å². The smallest absolute Gasteiger partial charge is 0.174 e. The van der Waals surface area contributed by atoms with Crippen LogP contribution in [0, 0.1) is 28.6 Å². The van der Waals surface area contributed by atoms with Crippen molar-refractivity contribution in [3.8, 4) is 0 Å². The van der Waals surface area contributed by atoms with E-state index in [0.29, 0.717) is 37.6 Å². The van der Waals surface area contributed by atoms with Gasteiger partial charge in [0.15, 0.2) is 11.6 Å². The maximum atomic E-state index is 13.4. The number of carbonyl (C=O) groups is 1. The lowest BCUT2D eigenvalue weighted by Crippen LogP contribution is -2.57. The van der Waals surface area contributed by atoms with Crippen molar-refractivity contribution in [1.29, 1.82) is 0 Å². The van der Waals surface area contributed by atoms with Crippen LogP contribution in [0.25, 0.3) is 0 Å². The Morgan fingerprint density at radius 2 is 1.82 bits per heavy atom. The van der Waals surface area contributed by atoms with E-state index in [2.05, 4.69) is 13.8 Å². The molecular formula is C23H34O5. The Kier molecular flexibility index (Phi) is 4.55. The van der Waals surface area contributed by atoms with Crippen LogP contribution in [0.3, 0.4) is 0 Å². The zero-order chi connectivity index (χ0) is 19.6. The molecule has 0 aromatic carbocycles. The molecule has 4 fully saturated rings. The van der Waals surface area contributed by atoms with E-state index in [-0.39, 0.29) is 22.9 Å². The number of ether oxygens (including phenoxy) is 4. The second-order valence-corrected chi connectivity index (χ2v) is 10.1. The molecule has 5 nitrogen and oxygen atoms in total. The van der Waals surface area contributed by atoms with Crippen LogP contribution < -0.4 is 0 Å². The molecule has 0 N–H and O–H groups in total. The molecule has 3 saturated carbocycles. The molecule has 0 radical (unpaired) electrons. The third-order valence-electron chi connectivity index (χ3n) is 9.12. The Bertz CT molecular complexity index is 680. The number of fused-ring (bicyclic) bond motifs is 6. The van der Waals surface area contributed by atoms with Gasteiger partial charge in [0.2, 0.25) is 0 Å². The Hall–Kier alpha value is -0.750. The van der Waals surface area contributed by atoms with Gasteiger partial charge < -0.3 is 18.9 Å². The quantitative estimate of drug-likeness (QED) is 0.685. The Morgan fingerprint density at radius 1 is 1.07 bits per heavy atom. The fourth-order valence-corrected chi connectivity index (χ4v) is 7.56. The van der Waals surface area contributed by atoms with E-state index in [1.54, 1.807) is 7.11 Å². The summed E-state index contributed by atoms with van der Waals surface area (Å²) in [4.78, 5) is 13.4. The molecule has 156 valence electrons. The molecule has 0 unspecified atom stereocenters. The van der Waals surface area contributed by atoms with Gasteiger partial charge in [-0.1, -0.05) is 19.4 Å². The molecule has 5 heteroatoms. The van der Waals surface area contributed by atoms with E-state index in [9.17, 15) is 4.79 Å². The summed E-state index contributed by atoms with van der Waals surface area (Å²) in [6.45, 7) is 6.45. The lowest BCUT2D eigenvalue weighted by Gasteiger charge is -2.58. The van der Waals surface area contributed by atoms with Crippen molar-refractivity contribution in [2.75, 3.05) is 27.1 Å². The van der Waals surface area contributed by atoms with Gasteiger partial charge in [-0.05, 0) is 61.9 Å². The summed E-state index contributed by atoms with van der Waals surface area (Å²) < 4.78 is 23.3. The van der Waals surface area contributed by atoms with Crippen LogP contribution in [-0.2, 0) is 23.7 Å². The number of ketones is 1. The minimum atomic E-state index is -0.445. The number of allylic oxidation sites excluding steroid dienone is 1. The maximum absolute atomic E-state index is 13.4. The van der Waals surface area contributed by atoms with Crippen LogP contribution in [0.1, 0.15) is 58.8 Å². The van der Waals surface area contributed by atoms with Crippen molar-refractivity contribution >= 4 is 5.78 Å². The molecule has 1 heterocycles. The predicted molar refractivity (Wildman–Crippen MR) is 103 cm³/mol. The van der Waals surface area contributed by atoms with Crippen LogP contribution in [0.2, 0.25) is 0 Å². The van der Waals surface area contributed by atoms with E-state index in [1.165, 1.54) is 5.57 Å². The molecule has 0 bridgehead atoms. The third-order valence-corrected chi connectivity index (χ3v) is 9.12. The molecule has 1 spiro atoms. The summed E-state index contributed by atoms with van der Waals surface area (Å²) in [6.07, 6.45) is 9.35. The van der Waals surface area contributed by atoms with E-state index < -0.39 is 5.79 Å². The van der Waals surface area contributed by atoms with E-state index in [1.807, 2.05) is 6.08 Å². The second kappa shape index (κ2) is 6.63. The molecule has 1 saturated heterocycles. The van der Waals surface area contributed by atoms with E-state index in [0.717, 1.165) is 44.9 Å². The summed E-state index contributed by atoms with van der Waals surface area (Å²) in [5.74, 6) is 0.832. The number of rotatable bonds is 3. The first-order valence-electron chi connectivity index (χ1n) is 11.1. The van der Waals surface area contributed by atoms with Gasteiger partial charge in [-0.2, -0.15) is 0 Å². The molecule has 28 heavy (non-hydrogen) atoms. The van der Waals surface area contributed by atoms with Gasteiger partial charge in [-0.15, -0.1) is 0 Å². The average Bonchev–Trinajstić information content (AvgIpc) is 3.27. The standard InChI is InChI=1S/C23H34O5/c1-21-7-4-16(26-14-25-3)12-15(21)13-19(24)20-17(21)5-8-22(2)18(20)6-9-23(22)27-10-11-28-23/h13,16-18,20H,4-12,14H2,1-3H3/t16-,17-,18-,20+,21-,22-/m0/s1. The Labute approximate surface area is 168 Å². The molecule has 0 aromatic rings. The summed E-state index contributed by atoms with van der Waals surface area (Å²) in [5, 5.41) is 0. The fraction of sp³-hybridized carbons (Fsp3) is 0.870. The minimum absolute atomic E-state index is 0.0409. The van der Waals surface area contributed by atoms with Crippen molar-refractivity contribution < 1.29 is 23.7 Å². The highest BCUT2D eigenvalue weighted by Crippen LogP contribution is 2.68. The Morgan fingerprint density at radius 3 is 2.57 bits per heavy atom. The first kappa shape index (κ1) is 19.2. The molecule has 0 amide bonds. The molecule has 0 aromatic heterocycles. The Balaban J connectivity index is 1.44. The number of hydrogen-bond donors (Lipinski definition) is 0. The second-order valence-electron chi connectivity index (χ2n) is 10.1. The van der Waals surface area contributed by atoms with Crippen molar-refractivity contribution in [3.05, 3.63) is 11.6 Å². The number of carbonyl (C=O) groups excluding carboxylic acids is 1. The van der Waals surface area contributed by atoms with Gasteiger partial charge in [-0.3, -0.25) is 4.79 Å². The largest absolute Gasteiger partial charge is 0.359 e.